The number of halogens is 1. The van der Waals surface area contributed by atoms with Crippen LogP contribution in [0.2, 0.25) is 0 Å². The lowest BCUT2D eigenvalue weighted by molar-refractivity contribution is 0.247. The molecule has 1 aliphatic carbocycles. The molecule has 4 unspecified atom stereocenters. The molecule has 3 aromatic heterocycles. The number of fused-ring (bicyclic) bond motifs is 3. The summed E-state index contributed by atoms with van der Waals surface area (Å²) in [7, 11) is -1.98. The van der Waals surface area contributed by atoms with E-state index >= 15 is 0 Å². The van der Waals surface area contributed by atoms with E-state index in [0.29, 0.717) is 17.7 Å². The Morgan fingerprint density at radius 2 is 1.94 bits per heavy atom. The van der Waals surface area contributed by atoms with Crippen LogP contribution in [0.25, 0.3) is 11.0 Å². The van der Waals surface area contributed by atoms with Crippen molar-refractivity contribution in [3.63, 3.8) is 0 Å². The molecule has 2 aliphatic heterocycles. The minimum absolute atomic E-state index is 0. The van der Waals surface area contributed by atoms with E-state index in [-0.39, 0.29) is 18.3 Å². The topological polar surface area (TPSA) is 85.0 Å². The molecule has 3 aromatic rings. The Morgan fingerprint density at radius 1 is 1.18 bits per heavy atom. The van der Waals surface area contributed by atoms with Crippen LogP contribution in [0.5, 0.6) is 0 Å². The third kappa shape index (κ3) is 3.49. The summed E-state index contributed by atoms with van der Waals surface area (Å²) in [6.45, 7) is 3.70. The van der Waals surface area contributed by atoms with Gasteiger partial charge in [-0.3, -0.25) is 4.68 Å². The first-order chi connectivity index (χ1) is 15.8. The second-order valence-electron chi connectivity index (χ2n) is 9.61. The fourth-order valence-corrected chi connectivity index (χ4v) is 7.38. The van der Waals surface area contributed by atoms with Gasteiger partial charge in [0.05, 0.1) is 6.20 Å². The summed E-state index contributed by atoms with van der Waals surface area (Å²) in [4.78, 5) is 6.76. The second-order valence-corrected chi connectivity index (χ2v) is 11.8. The van der Waals surface area contributed by atoms with E-state index in [0.717, 1.165) is 29.7 Å². The summed E-state index contributed by atoms with van der Waals surface area (Å²) >= 11 is 0. The largest absolute Gasteiger partial charge is 0.369 e. The Kier molecular flexibility index (Phi) is 5.61. The molecular formula is C24H29ClN6O2S. The molecule has 2 fully saturated rings. The van der Waals surface area contributed by atoms with Gasteiger partial charge in [-0.25, -0.2) is 17.4 Å². The van der Waals surface area contributed by atoms with Gasteiger partial charge in [-0.1, -0.05) is 12.2 Å². The highest BCUT2D eigenvalue weighted by Crippen LogP contribution is 2.43. The van der Waals surface area contributed by atoms with Crippen molar-refractivity contribution < 1.29 is 8.42 Å². The van der Waals surface area contributed by atoms with E-state index in [1.165, 1.54) is 16.8 Å². The Bertz CT molecular complexity index is 1380. The van der Waals surface area contributed by atoms with Crippen LogP contribution in [0.15, 0.2) is 66.9 Å². The molecule has 0 radical (unpaired) electrons. The van der Waals surface area contributed by atoms with Crippen LogP contribution in [-0.4, -0.2) is 62.0 Å². The Labute approximate surface area is 205 Å². The van der Waals surface area contributed by atoms with Crippen molar-refractivity contribution in [1.29, 1.82) is 0 Å². The van der Waals surface area contributed by atoms with Crippen LogP contribution in [0, 0.1) is 0 Å². The number of pyridine rings is 1. The zero-order valence-electron chi connectivity index (χ0n) is 19.2. The lowest BCUT2D eigenvalue weighted by atomic mass is 9.83. The molecule has 5 heterocycles. The Balaban J connectivity index is 0.00000241. The maximum atomic E-state index is 14.2. The average molecular weight is 501 g/mol. The fourth-order valence-electron chi connectivity index (χ4n) is 5.59. The van der Waals surface area contributed by atoms with Crippen molar-refractivity contribution in [2.24, 2.45) is 7.05 Å². The molecule has 2 saturated heterocycles. The summed E-state index contributed by atoms with van der Waals surface area (Å²) in [6.07, 6.45) is 15.3. The van der Waals surface area contributed by atoms with Gasteiger partial charge in [-0.2, -0.15) is 5.10 Å². The van der Waals surface area contributed by atoms with Crippen molar-refractivity contribution >= 4 is 33.5 Å². The average Bonchev–Trinajstić information content (AvgIpc) is 3.52. The molecular weight excluding hydrogens is 472 g/mol. The van der Waals surface area contributed by atoms with E-state index < -0.39 is 14.8 Å². The molecule has 10 heteroatoms. The van der Waals surface area contributed by atoms with E-state index in [9.17, 15) is 8.42 Å². The van der Waals surface area contributed by atoms with Crippen molar-refractivity contribution in [2.75, 3.05) is 13.1 Å². The Morgan fingerprint density at radius 3 is 2.65 bits per heavy atom. The number of allylic oxidation sites excluding steroid dienone is 2. The molecule has 3 aliphatic rings. The SMILES string of the molecule is Cl.Cn1cc(C2C=C(N3CC4CCC(C3)N4)C=CC2(C)S(=O)(=O)n2ccc3cccnc32)cn1. The smallest absolute Gasteiger partial charge is 0.250 e. The maximum Gasteiger partial charge on any atom is 0.250 e. The number of rotatable bonds is 4. The molecule has 1 N–H and O–H groups in total. The van der Waals surface area contributed by atoms with Gasteiger partial charge in [0, 0.05) is 67.8 Å². The first-order valence-corrected chi connectivity index (χ1v) is 12.9. The van der Waals surface area contributed by atoms with E-state index in [4.69, 9.17) is 0 Å². The molecule has 0 aromatic carbocycles. The molecule has 6 rings (SSSR count). The van der Waals surface area contributed by atoms with E-state index in [1.807, 2.05) is 37.5 Å². The highest BCUT2D eigenvalue weighted by molar-refractivity contribution is 7.91. The number of aryl methyl sites for hydroxylation is 1. The summed E-state index contributed by atoms with van der Waals surface area (Å²) in [6, 6.07) is 6.50. The van der Waals surface area contributed by atoms with Crippen LogP contribution in [-0.2, 0) is 17.1 Å². The standard InChI is InChI=1S/C24H28N6O2S.ClH/c1-24(33(31,32)30-11-8-17-4-3-10-25-23(17)30)9-7-21(12-22(24)18-13-26-28(2)14-18)29-15-19-5-6-20(16-29)27-19;/h3-4,7-14,19-20,22,27H,5-6,15-16H2,1-2H3;1H. The first kappa shape index (κ1) is 23.1. The number of hydrogen-bond donors (Lipinski definition) is 1. The predicted octanol–water partition coefficient (Wildman–Crippen LogP) is 2.80. The minimum atomic E-state index is -3.84. The zero-order chi connectivity index (χ0) is 22.8. The van der Waals surface area contributed by atoms with Crippen molar-refractivity contribution in [1.82, 2.24) is 29.0 Å². The van der Waals surface area contributed by atoms with Crippen LogP contribution in [0.3, 0.4) is 0 Å². The molecule has 180 valence electrons. The van der Waals surface area contributed by atoms with Crippen LogP contribution in [0.4, 0.5) is 0 Å². The third-order valence-corrected chi connectivity index (χ3v) is 9.75. The van der Waals surface area contributed by atoms with E-state index in [2.05, 4.69) is 26.4 Å². The predicted molar refractivity (Wildman–Crippen MR) is 134 cm³/mol. The number of aromatic nitrogens is 4. The lowest BCUT2D eigenvalue weighted by Crippen LogP contribution is -2.51. The number of hydrogen-bond acceptors (Lipinski definition) is 6. The zero-order valence-corrected chi connectivity index (χ0v) is 20.8. The monoisotopic (exact) mass is 500 g/mol. The summed E-state index contributed by atoms with van der Waals surface area (Å²) in [5, 5.41) is 8.82. The van der Waals surface area contributed by atoms with Crippen molar-refractivity contribution in [3.05, 3.63) is 72.5 Å². The first-order valence-electron chi connectivity index (χ1n) is 11.4. The van der Waals surface area contributed by atoms with Gasteiger partial charge < -0.3 is 10.2 Å². The lowest BCUT2D eigenvalue weighted by Gasteiger charge is -2.40. The summed E-state index contributed by atoms with van der Waals surface area (Å²) in [5.41, 5.74) is 2.42. The van der Waals surface area contributed by atoms with Crippen LogP contribution >= 0.6 is 12.4 Å². The Hall–Kier alpha value is -2.62. The quantitative estimate of drug-likeness (QED) is 0.593. The molecule has 0 amide bonds. The van der Waals surface area contributed by atoms with Crippen molar-refractivity contribution in [2.45, 2.75) is 42.5 Å². The van der Waals surface area contributed by atoms with Gasteiger partial charge in [-0.15, -0.1) is 12.4 Å². The highest BCUT2D eigenvalue weighted by Gasteiger charge is 2.48. The maximum absolute atomic E-state index is 14.2. The molecule has 4 atom stereocenters. The number of piperazine rings is 1. The minimum Gasteiger partial charge on any atom is -0.369 e. The number of likely N-dealkylation sites (tertiary alicyclic amines) is 1. The molecule has 8 nitrogen and oxygen atoms in total. The van der Waals surface area contributed by atoms with Gasteiger partial charge in [-0.05, 0) is 49.6 Å². The third-order valence-electron chi connectivity index (χ3n) is 7.44. The van der Waals surface area contributed by atoms with Crippen LogP contribution in [0.1, 0.15) is 31.2 Å². The molecule has 0 saturated carbocycles. The molecule has 2 bridgehead atoms. The number of nitrogens with one attached hydrogen (secondary N) is 1. The molecule has 0 spiro atoms. The van der Waals surface area contributed by atoms with Gasteiger partial charge in [0.1, 0.15) is 4.75 Å². The van der Waals surface area contributed by atoms with Gasteiger partial charge in [0.15, 0.2) is 5.65 Å². The normalized spacial score (nSPS) is 28.7. The number of nitrogens with zero attached hydrogens (tertiary/aromatic N) is 5. The summed E-state index contributed by atoms with van der Waals surface area (Å²) < 4.78 is 30.2. The van der Waals surface area contributed by atoms with Gasteiger partial charge in [0.25, 0.3) is 0 Å². The van der Waals surface area contributed by atoms with Crippen LogP contribution < -0.4 is 5.32 Å². The second kappa shape index (κ2) is 8.25. The fraction of sp³-hybridized carbons (Fsp3) is 0.417. The van der Waals surface area contributed by atoms with E-state index in [1.54, 1.807) is 36.3 Å². The highest BCUT2D eigenvalue weighted by atomic mass is 35.5. The van der Waals surface area contributed by atoms with Gasteiger partial charge in [0.2, 0.25) is 10.0 Å². The van der Waals surface area contributed by atoms with Gasteiger partial charge >= 0.3 is 0 Å². The van der Waals surface area contributed by atoms with Crippen molar-refractivity contribution in [3.8, 4) is 0 Å². The molecule has 34 heavy (non-hydrogen) atoms. The summed E-state index contributed by atoms with van der Waals surface area (Å²) in [5.74, 6) is -0.384.